The van der Waals surface area contributed by atoms with Crippen molar-refractivity contribution in [1.29, 1.82) is 0 Å². The van der Waals surface area contributed by atoms with Crippen molar-refractivity contribution in [3.8, 4) is 0 Å². The van der Waals surface area contributed by atoms with E-state index in [1.807, 2.05) is 25.6 Å². The van der Waals surface area contributed by atoms with E-state index in [2.05, 4.69) is 25.3 Å². The average Bonchev–Trinajstić information content (AvgIpc) is 3.21. The van der Waals surface area contributed by atoms with Gasteiger partial charge in [0.1, 0.15) is 0 Å². The predicted molar refractivity (Wildman–Crippen MR) is 99.8 cm³/mol. The van der Waals surface area contributed by atoms with E-state index < -0.39 is 9.84 Å². The lowest BCUT2D eigenvalue weighted by molar-refractivity contribution is 0.458. The van der Waals surface area contributed by atoms with Crippen molar-refractivity contribution < 1.29 is 8.42 Å². The third kappa shape index (κ3) is 3.01. The van der Waals surface area contributed by atoms with E-state index in [0.717, 1.165) is 17.1 Å². The lowest BCUT2D eigenvalue weighted by Gasteiger charge is -2.26. The van der Waals surface area contributed by atoms with Gasteiger partial charge >= 0.3 is 0 Å². The van der Waals surface area contributed by atoms with Gasteiger partial charge in [-0.15, -0.1) is 0 Å². The number of nitrogens with zero attached hydrogens (tertiary/aromatic N) is 5. The first-order valence-corrected chi connectivity index (χ1v) is 9.94. The molecule has 8 nitrogen and oxygen atoms in total. The van der Waals surface area contributed by atoms with Crippen molar-refractivity contribution in [2.75, 3.05) is 18.1 Å². The topological polar surface area (TPSA) is 91.9 Å². The molecular formula is C17H18N6O2S. The molecule has 1 N–H and O–H groups in total. The number of rotatable bonds is 3. The Balaban J connectivity index is 1.54. The summed E-state index contributed by atoms with van der Waals surface area (Å²) in [5.41, 5.74) is 1.84. The number of aryl methyl sites for hydroxylation is 1. The molecule has 0 aliphatic carbocycles. The summed E-state index contributed by atoms with van der Waals surface area (Å²) in [6.45, 7) is 0.624. The van der Waals surface area contributed by atoms with Gasteiger partial charge in [-0.2, -0.15) is 5.10 Å². The molecule has 134 valence electrons. The van der Waals surface area contributed by atoms with Crippen molar-refractivity contribution in [3.63, 3.8) is 0 Å². The number of aliphatic imine (C=N–C) groups is 2. The molecular weight excluding hydrogens is 352 g/mol. The summed E-state index contributed by atoms with van der Waals surface area (Å²) in [5.74, 6) is 1.39. The quantitative estimate of drug-likeness (QED) is 0.885. The highest BCUT2D eigenvalue weighted by Gasteiger charge is 2.32. The van der Waals surface area contributed by atoms with Gasteiger partial charge in [0.15, 0.2) is 21.5 Å². The number of benzene rings is 1. The molecule has 3 heterocycles. The Morgan fingerprint density at radius 1 is 1.23 bits per heavy atom. The molecule has 0 saturated carbocycles. The van der Waals surface area contributed by atoms with E-state index >= 15 is 0 Å². The summed E-state index contributed by atoms with van der Waals surface area (Å²) in [5, 5.41) is 7.45. The van der Waals surface area contributed by atoms with Gasteiger partial charge in [0.05, 0.1) is 23.7 Å². The van der Waals surface area contributed by atoms with E-state index in [4.69, 9.17) is 0 Å². The molecule has 4 rings (SSSR count). The van der Waals surface area contributed by atoms with Crippen LogP contribution >= 0.6 is 0 Å². The Hall–Kier alpha value is -2.94. The average molecular weight is 370 g/mol. The van der Waals surface area contributed by atoms with Crippen LogP contribution in [-0.2, 0) is 16.9 Å². The first-order valence-electron chi connectivity index (χ1n) is 8.05. The van der Waals surface area contributed by atoms with E-state index in [0.29, 0.717) is 12.4 Å². The molecule has 1 aromatic carbocycles. The Morgan fingerprint density at radius 2 is 2.00 bits per heavy atom. The van der Waals surface area contributed by atoms with Gasteiger partial charge in [-0.05, 0) is 24.3 Å². The van der Waals surface area contributed by atoms with Crippen LogP contribution in [0, 0.1) is 0 Å². The van der Waals surface area contributed by atoms with Crippen LogP contribution in [0.5, 0.6) is 0 Å². The van der Waals surface area contributed by atoms with Crippen LogP contribution in [0.3, 0.4) is 0 Å². The third-order valence-corrected chi connectivity index (χ3v) is 5.42. The molecule has 0 fully saturated rings. The maximum atomic E-state index is 11.6. The van der Waals surface area contributed by atoms with Crippen molar-refractivity contribution >= 4 is 27.2 Å². The van der Waals surface area contributed by atoms with Crippen LogP contribution in [0.4, 0.5) is 5.69 Å². The standard InChI is InChI=1S/C17H18N6O2S/c1-22-11-12(9-20-22)15-10-19-17-16(18-7-8-23(15)17)21-13-3-5-14(6-4-13)26(2,24)25/h3-9,11,15H,10H2,1-2H3,(H,18,21). The molecule has 1 atom stereocenters. The second kappa shape index (κ2) is 6.10. The lowest BCUT2D eigenvalue weighted by atomic mass is 10.1. The number of amidine groups is 2. The number of hydrogen-bond acceptors (Lipinski definition) is 7. The van der Waals surface area contributed by atoms with E-state index in [1.54, 1.807) is 35.1 Å². The number of hydrogen-bond donors (Lipinski definition) is 1. The van der Waals surface area contributed by atoms with Crippen LogP contribution in [0.25, 0.3) is 0 Å². The molecule has 0 spiro atoms. The first-order chi connectivity index (χ1) is 12.4. The predicted octanol–water partition coefficient (Wildman–Crippen LogP) is 1.57. The van der Waals surface area contributed by atoms with Crippen LogP contribution in [0.2, 0.25) is 0 Å². The number of anilines is 1. The maximum absolute atomic E-state index is 11.6. The van der Waals surface area contributed by atoms with Crippen molar-refractivity contribution in [2.24, 2.45) is 17.0 Å². The van der Waals surface area contributed by atoms with E-state index in [1.165, 1.54) is 6.26 Å². The number of fused-ring (bicyclic) bond motifs is 1. The van der Waals surface area contributed by atoms with Gasteiger partial charge in [-0.25, -0.2) is 13.4 Å². The number of sulfone groups is 1. The Kier molecular flexibility index (Phi) is 3.87. The van der Waals surface area contributed by atoms with E-state index in [9.17, 15) is 8.42 Å². The summed E-state index contributed by atoms with van der Waals surface area (Å²) in [6, 6.07) is 6.67. The molecule has 2 aliphatic heterocycles. The molecule has 26 heavy (non-hydrogen) atoms. The molecule has 0 amide bonds. The van der Waals surface area contributed by atoms with Crippen LogP contribution in [-0.4, -0.2) is 47.6 Å². The Bertz CT molecular complexity index is 1030. The Morgan fingerprint density at radius 3 is 2.65 bits per heavy atom. The summed E-state index contributed by atoms with van der Waals surface area (Å²) in [6.07, 6.45) is 8.65. The SMILES string of the molecule is Cn1cc(C2CN=C3C(Nc4ccc(S(C)(=O)=O)cc4)=NC=CN32)cn1. The van der Waals surface area contributed by atoms with Gasteiger partial charge in [0, 0.05) is 43.2 Å². The molecule has 0 saturated heterocycles. The normalized spacial score (nSPS) is 19.2. The summed E-state index contributed by atoms with van der Waals surface area (Å²) in [4.78, 5) is 11.4. The van der Waals surface area contributed by atoms with Crippen molar-refractivity contribution in [1.82, 2.24) is 14.7 Å². The zero-order chi connectivity index (χ0) is 18.3. The second-order valence-corrected chi connectivity index (χ2v) is 8.25. The van der Waals surface area contributed by atoms with Crippen LogP contribution in [0.15, 0.2) is 63.9 Å². The monoisotopic (exact) mass is 370 g/mol. The van der Waals surface area contributed by atoms with Crippen molar-refractivity contribution in [2.45, 2.75) is 10.9 Å². The van der Waals surface area contributed by atoms with Gasteiger partial charge in [-0.1, -0.05) is 0 Å². The van der Waals surface area contributed by atoms with Gasteiger partial charge in [-0.3, -0.25) is 9.67 Å². The summed E-state index contributed by atoms with van der Waals surface area (Å²) in [7, 11) is -1.32. The number of nitrogens with one attached hydrogen (secondary N) is 1. The first kappa shape index (κ1) is 16.5. The largest absolute Gasteiger partial charge is 0.337 e. The summed E-state index contributed by atoms with van der Waals surface area (Å²) < 4.78 is 24.9. The highest BCUT2D eigenvalue weighted by Crippen LogP contribution is 2.29. The zero-order valence-corrected chi connectivity index (χ0v) is 15.2. The molecule has 1 unspecified atom stereocenters. The highest BCUT2D eigenvalue weighted by atomic mass is 32.2. The fourth-order valence-corrected chi connectivity index (χ4v) is 3.62. The highest BCUT2D eigenvalue weighted by molar-refractivity contribution is 7.90. The fraction of sp³-hybridized carbons (Fsp3) is 0.235. The third-order valence-electron chi connectivity index (χ3n) is 4.29. The minimum Gasteiger partial charge on any atom is -0.337 e. The van der Waals surface area contributed by atoms with Crippen molar-refractivity contribution in [3.05, 3.63) is 54.6 Å². The molecule has 1 aromatic heterocycles. The fourth-order valence-electron chi connectivity index (χ4n) is 2.99. The second-order valence-electron chi connectivity index (χ2n) is 6.23. The molecule has 2 aliphatic rings. The van der Waals surface area contributed by atoms with Crippen LogP contribution in [0.1, 0.15) is 11.6 Å². The smallest absolute Gasteiger partial charge is 0.175 e. The zero-order valence-electron chi connectivity index (χ0n) is 14.4. The molecule has 0 bridgehead atoms. The minimum atomic E-state index is -3.21. The minimum absolute atomic E-state index is 0.0925. The van der Waals surface area contributed by atoms with Gasteiger partial charge in [0.25, 0.3) is 0 Å². The van der Waals surface area contributed by atoms with Gasteiger partial charge in [0.2, 0.25) is 0 Å². The molecule has 2 aromatic rings. The van der Waals surface area contributed by atoms with Crippen LogP contribution < -0.4 is 5.32 Å². The Labute approximate surface area is 151 Å². The molecule has 9 heteroatoms. The lowest BCUT2D eigenvalue weighted by Crippen LogP contribution is -2.37. The maximum Gasteiger partial charge on any atom is 0.175 e. The summed E-state index contributed by atoms with van der Waals surface area (Å²) >= 11 is 0. The number of aromatic nitrogens is 2. The van der Waals surface area contributed by atoms with E-state index in [-0.39, 0.29) is 10.9 Å². The molecule has 0 radical (unpaired) electrons. The van der Waals surface area contributed by atoms with Gasteiger partial charge < -0.3 is 10.2 Å².